The topological polar surface area (TPSA) is 50.4 Å². The van der Waals surface area contributed by atoms with Crippen LogP contribution in [-0.4, -0.2) is 32.3 Å². The molecule has 0 radical (unpaired) electrons. The van der Waals surface area contributed by atoms with Gasteiger partial charge >= 0.3 is 6.18 Å². The number of hydrogen-bond donors (Lipinski definition) is 2. The summed E-state index contributed by atoms with van der Waals surface area (Å²) in [4.78, 5) is 11.2. The molecule has 0 heterocycles. The van der Waals surface area contributed by atoms with Gasteiger partial charge in [-0.25, -0.2) is 0 Å². The van der Waals surface area contributed by atoms with Crippen molar-refractivity contribution in [3.8, 4) is 5.75 Å². The molecular weight excluding hydrogens is 261 g/mol. The number of ether oxygens (including phenoxy) is 1. The molecule has 0 aliphatic rings. The van der Waals surface area contributed by atoms with Crippen molar-refractivity contribution < 1.29 is 22.7 Å². The van der Waals surface area contributed by atoms with E-state index >= 15 is 0 Å². The lowest BCUT2D eigenvalue weighted by molar-refractivity contribution is -0.139. The van der Waals surface area contributed by atoms with Crippen molar-refractivity contribution in [1.29, 1.82) is 0 Å². The Morgan fingerprint density at radius 3 is 2.63 bits per heavy atom. The van der Waals surface area contributed by atoms with Crippen LogP contribution in [0.3, 0.4) is 0 Å². The number of carbonyl (C=O) groups is 1. The zero-order chi connectivity index (χ0) is 14.3. The minimum atomic E-state index is -4.42. The Balaban J connectivity index is 2.46. The van der Waals surface area contributed by atoms with Gasteiger partial charge in [0.05, 0.1) is 0 Å². The third kappa shape index (κ3) is 6.10. The van der Waals surface area contributed by atoms with Gasteiger partial charge in [0.15, 0.2) is 6.61 Å². The predicted octanol–water partition coefficient (Wildman–Crippen LogP) is 1.46. The normalized spacial score (nSPS) is 11.2. The van der Waals surface area contributed by atoms with E-state index in [9.17, 15) is 18.0 Å². The fraction of sp³-hybridized carbons (Fsp3) is 0.417. The molecule has 0 fully saturated rings. The summed E-state index contributed by atoms with van der Waals surface area (Å²) in [6.07, 6.45) is -4.42. The molecule has 0 aliphatic carbocycles. The molecule has 0 spiro atoms. The highest BCUT2D eigenvalue weighted by Crippen LogP contribution is 2.17. The Labute approximate surface area is 108 Å². The van der Waals surface area contributed by atoms with Gasteiger partial charge in [-0.1, -0.05) is 18.2 Å². The van der Waals surface area contributed by atoms with Crippen LogP contribution in [0.25, 0.3) is 0 Å². The fourth-order valence-electron chi connectivity index (χ4n) is 1.37. The molecule has 7 heteroatoms. The predicted molar refractivity (Wildman–Crippen MR) is 63.8 cm³/mol. The minimum Gasteiger partial charge on any atom is -0.483 e. The van der Waals surface area contributed by atoms with Crippen molar-refractivity contribution in [3.63, 3.8) is 0 Å². The number of para-hydroxylation sites is 1. The van der Waals surface area contributed by atoms with Gasteiger partial charge in [-0.2, -0.15) is 13.2 Å². The fourth-order valence-corrected chi connectivity index (χ4v) is 1.37. The molecule has 0 saturated carbocycles. The van der Waals surface area contributed by atoms with Crippen LogP contribution in [0.15, 0.2) is 24.3 Å². The molecule has 0 unspecified atom stereocenters. The van der Waals surface area contributed by atoms with Crippen LogP contribution in [0.5, 0.6) is 5.75 Å². The lowest BCUT2D eigenvalue weighted by atomic mass is 10.2. The Morgan fingerprint density at radius 2 is 2.00 bits per heavy atom. The van der Waals surface area contributed by atoms with Crippen LogP contribution in [0.1, 0.15) is 5.56 Å². The van der Waals surface area contributed by atoms with Gasteiger partial charge in [-0.15, -0.1) is 0 Å². The van der Waals surface area contributed by atoms with Crippen molar-refractivity contribution in [2.75, 3.05) is 20.2 Å². The zero-order valence-electron chi connectivity index (χ0n) is 10.4. The van der Waals surface area contributed by atoms with E-state index in [1.807, 2.05) is 6.07 Å². The van der Waals surface area contributed by atoms with Gasteiger partial charge < -0.3 is 15.4 Å². The third-order valence-corrected chi connectivity index (χ3v) is 2.18. The van der Waals surface area contributed by atoms with Gasteiger partial charge in [-0.05, 0) is 13.1 Å². The van der Waals surface area contributed by atoms with E-state index in [0.29, 0.717) is 12.3 Å². The molecule has 19 heavy (non-hydrogen) atoms. The minimum absolute atomic E-state index is 0.448. The second kappa shape index (κ2) is 6.98. The molecule has 0 bridgehead atoms. The van der Waals surface area contributed by atoms with Gasteiger partial charge in [0, 0.05) is 12.1 Å². The first kappa shape index (κ1) is 15.3. The standard InChI is InChI=1S/C12H15F3N2O2/c1-16-6-9-4-2-3-5-10(9)19-7-11(18)17-8-12(13,14)15/h2-5,16H,6-8H2,1H3,(H,17,18). The summed E-state index contributed by atoms with van der Waals surface area (Å²) in [5.74, 6) is -0.337. The van der Waals surface area contributed by atoms with Gasteiger partial charge in [0.1, 0.15) is 12.3 Å². The molecule has 0 aliphatic heterocycles. The van der Waals surface area contributed by atoms with Crippen molar-refractivity contribution in [2.24, 2.45) is 0 Å². The molecule has 1 aromatic carbocycles. The Bertz CT molecular complexity index is 422. The monoisotopic (exact) mass is 276 g/mol. The van der Waals surface area contributed by atoms with Crippen molar-refractivity contribution >= 4 is 5.91 Å². The maximum Gasteiger partial charge on any atom is 0.405 e. The molecule has 4 nitrogen and oxygen atoms in total. The molecule has 106 valence electrons. The first-order valence-electron chi connectivity index (χ1n) is 5.61. The Kier molecular flexibility index (Phi) is 5.62. The molecule has 2 N–H and O–H groups in total. The lowest BCUT2D eigenvalue weighted by Crippen LogP contribution is -2.36. The largest absolute Gasteiger partial charge is 0.483 e. The van der Waals surface area contributed by atoms with Crippen LogP contribution in [0.4, 0.5) is 13.2 Å². The summed E-state index contributed by atoms with van der Waals surface area (Å²) in [5, 5.41) is 4.67. The second-order valence-electron chi connectivity index (χ2n) is 3.82. The van der Waals surface area contributed by atoms with Crippen molar-refractivity contribution in [1.82, 2.24) is 10.6 Å². The summed E-state index contributed by atoms with van der Waals surface area (Å²) in [6, 6.07) is 6.99. The van der Waals surface area contributed by atoms with Gasteiger partial charge in [0.2, 0.25) is 0 Å². The molecule has 0 saturated heterocycles. The highest BCUT2D eigenvalue weighted by Gasteiger charge is 2.27. The molecule has 1 amide bonds. The molecule has 1 aromatic rings. The van der Waals surface area contributed by atoms with E-state index in [2.05, 4.69) is 5.32 Å². The smallest absolute Gasteiger partial charge is 0.405 e. The maximum atomic E-state index is 11.9. The maximum absolute atomic E-state index is 11.9. The average molecular weight is 276 g/mol. The number of halogens is 3. The molecular formula is C12H15F3N2O2. The summed E-state index contributed by atoms with van der Waals surface area (Å²) in [7, 11) is 1.76. The second-order valence-corrected chi connectivity index (χ2v) is 3.82. The van der Waals surface area contributed by atoms with E-state index in [-0.39, 0.29) is 0 Å². The third-order valence-electron chi connectivity index (χ3n) is 2.18. The van der Waals surface area contributed by atoms with Crippen LogP contribution in [-0.2, 0) is 11.3 Å². The molecule has 0 aromatic heterocycles. The number of hydrogen-bond acceptors (Lipinski definition) is 3. The zero-order valence-corrected chi connectivity index (χ0v) is 10.4. The number of alkyl halides is 3. The van der Waals surface area contributed by atoms with Crippen LogP contribution < -0.4 is 15.4 Å². The van der Waals surface area contributed by atoms with Crippen LogP contribution in [0, 0.1) is 0 Å². The quantitative estimate of drug-likeness (QED) is 0.827. The summed E-state index contributed by atoms with van der Waals surface area (Å²) in [6.45, 7) is -1.26. The van der Waals surface area contributed by atoms with E-state index in [4.69, 9.17) is 4.74 Å². The SMILES string of the molecule is CNCc1ccccc1OCC(=O)NCC(F)(F)F. The number of benzene rings is 1. The van der Waals surface area contributed by atoms with E-state index < -0.39 is 25.2 Å². The summed E-state index contributed by atoms with van der Waals surface area (Å²) < 4.78 is 40.8. The first-order chi connectivity index (χ1) is 8.92. The van der Waals surface area contributed by atoms with Crippen LogP contribution >= 0.6 is 0 Å². The first-order valence-corrected chi connectivity index (χ1v) is 5.61. The van der Waals surface area contributed by atoms with Crippen molar-refractivity contribution in [3.05, 3.63) is 29.8 Å². The Hall–Kier alpha value is -1.76. The number of amides is 1. The number of rotatable bonds is 6. The van der Waals surface area contributed by atoms with Gasteiger partial charge in [-0.3, -0.25) is 4.79 Å². The average Bonchev–Trinajstić information content (AvgIpc) is 2.35. The van der Waals surface area contributed by atoms with E-state index in [0.717, 1.165) is 5.56 Å². The number of nitrogens with one attached hydrogen (secondary N) is 2. The molecule has 0 atom stereocenters. The number of carbonyl (C=O) groups excluding carboxylic acids is 1. The Morgan fingerprint density at radius 1 is 1.32 bits per heavy atom. The van der Waals surface area contributed by atoms with Crippen LogP contribution in [0.2, 0.25) is 0 Å². The van der Waals surface area contributed by atoms with Crippen molar-refractivity contribution in [2.45, 2.75) is 12.7 Å². The summed E-state index contributed by atoms with van der Waals surface area (Å²) in [5.41, 5.74) is 0.827. The highest BCUT2D eigenvalue weighted by molar-refractivity contribution is 5.77. The molecule has 1 rings (SSSR count). The highest BCUT2D eigenvalue weighted by atomic mass is 19.4. The van der Waals surface area contributed by atoms with Gasteiger partial charge in [0.25, 0.3) is 5.91 Å². The van der Waals surface area contributed by atoms with E-state index in [1.165, 1.54) is 0 Å². The summed E-state index contributed by atoms with van der Waals surface area (Å²) >= 11 is 0. The van der Waals surface area contributed by atoms with E-state index in [1.54, 1.807) is 30.6 Å². The lowest BCUT2D eigenvalue weighted by Gasteiger charge is -2.12.